The first-order chi connectivity index (χ1) is 5.62. The number of nitrogens with zero attached hydrogens (tertiary/aromatic N) is 1. The van der Waals surface area contributed by atoms with Gasteiger partial charge < -0.3 is 4.74 Å². The normalized spacial score (nSPS) is 22.8. The third kappa shape index (κ3) is 2.62. The van der Waals surface area contributed by atoms with Gasteiger partial charge in [0.05, 0.1) is 4.92 Å². The summed E-state index contributed by atoms with van der Waals surface area (Å²) in [6.07, 6.45) is 4.45. The number of rotatable bonds is 2. The lowest BCUT2D eigenvalue weighted by atomic mass is 9.83. The predicted molar refractivity (Wildman–Crippen MR) is 44.3 cm³/mol. The lowest BCUT2D eigenvalue weighted by Gasteiger charge is -2.29. The van der Waals surface area contributed by atoms with Crippen molar-refractivity contribution >= 4 is 0 Å². The fourth-order valence-corrected chi connectivity index (χ4v) is 1.25. The number of allylic oxidation sites excluding steroid dienone is 1. The highest BCUT2D eigenvalue weighted by Gasteiger charge is 2.25. The van der Waals surface area contributed by atoms with Gasteiger partial charge in [-0.15, -0.1) is 0 Å². The minimum atomic E-state index is -0.416. The average Bonchev–Trinajstić information content (AvgIpc) is 2.03. The van der Waals surface area contributed by atoms with E-state index in [4.69, 9.17) is 4.74 Å². The van der Waals surface area contributed by atoms with E-state index < -0.39 is 4.92 Å². The van der Waals surface area contributed by atoms with Crippen molar-refractivity contribution in [2.45, 2.75) is 19.8 Å². The summed E-state index contributed by atoms with van der Waals surface area (Å²) in [5, 5.41) is 10.1. The Kier molecular flexibility index (Phi) is 2.81. The maximum absolute atomic E-state index is 10.1. The van der Waals surface area contributed by atoms with Crippen molar-refractivity contribution in [2.24, 2.45) is 5.41 Å². The minimum absolute atomic E-state index is 0.0364. The van der Waals surface area contributed by atoms with E-state index in [-0.39, 0.29) is 5.41 Å². The highest BCUT2D eigenvalue weighted by Crippen LogP contribution is 2.30. The van der Waals surface area contributed by atoms with Crippen molar-refractivity contribution in [3.8, 4) is 0 Å². The topological polar surface area (TPSA) is 52.4 Å². The molecule has 0 N–H and O–H groups in total. The van der Waals surface area contributed by atoms with Crippen molar-refractivity contribution in [1.82, 2.24) is 0 Å². The van der Waals surface area contributed by atoms with Gasteiger partial charge in [-0.2, -0.15) is 0 Å². The molecule has 12 heavy (non-hydrogen) atoms. The van der Waals surface area contributed by atoms with E-state index in [1.54, 1.807) is 6.08 Å². The molecule has 0 aliphatic carbocycles. The number of nitro groups is 1. The van der Waals surface area contributed by atoms with Gasteiger partial charge in [0.2, 0.25) is 6.20 Å². The van der Waals surface area contributed by atoms with Crippen LogP contribution in [0.1, 0.15) is 19.8 Å². The van der Waals surface area contributed by atoms with Crippen LogP contribution in [0.5, 0.6) is 0 Å². The van der Waals surface area contributed by atoms with Gasteiger partial charge in [0.1, 0.15) is 0 Å². The van der Waals surface area contributed by atoms with Crippen LogP contribution in [-0.4, -0.2) is 18.1 Å². The second-order valence-corrected chi connectivity index (χ2v) is 3.37. The smallest absolute Gasteiger partial charge is 0.231 e. The van der Waals surface area contributed by atoms with Crippen LogP contribution in [0.2, 0.25) is 0 Å². The second kappa shape index (κ2) is 3.67. The first-order valence-corrected chi connectivity index (χ1v) is 4.03. The summed E-state index contributed by atoms with van der Waals surface area (Å²) >= 11 is 0. The molecule has 4 heteroatoms. The van der Waals surface area contributed by atoms with Crippen molar-refractivity contribution in [3.05, 3.63) is 22.4 Å². The predicted octanol–water partition coefficient (Wildman–Crippen LogP) is 1.59. The molecule has 1 saturated heterocycles. The maximum Gasteiger partial charge on any atom is 0.231 e. The fraction of sp³-hybridized carbons (Fsp3) is 0.750. The van der Waals surface area contributed by atoms with Crippen molar-refractivity contribution in [3.63, 3.8) is 0 Å². The molecule has 0 unspecified atom stereocenters. The van der Waals surface area contributed by atoms with Crippen LogP contribution in [0, 0.1) is 15.5 Å². The molecule has 1 aliphatic rings. The summed E-state index contributed by atoms with van der Waals surface area (Å²) in [4.78, 5) is 9.66. The third-order valence-electron chi connectivity index (χ3n) is 2.23. The highest BCUT2D eigenvalue weighted by atomic mass is 16.6. The summed E-state index contributed by atoms with van der Waals surface area (Å²) in [5.74, 6) is 0. The Morgan fingerprint density at radius 1 is 1.50 bits per heavy atom. The van der Waals surface area contributed by atoms with Gasteiger partial charge in [-0.05, 0) is 24.3 Å². The first kappa shape index (κ1) is 9.19. The minimum Gasteiger partial charge on any atom is -0.381 e. The van der Waals surface area contributed by atoms with Crippen LogP contribution >= 0.6 is 0 Å². The number of ether oxygens (including phenoxy) is 1. The van der Waals surface area contributed by atoms with Crippen molar-refractivity contribution in [1.29, 1.82) is 0 Å². The van der Waals surface area contributed by atoms with E-state index in [0.717, 1.165) is 19.0 Å². The molecule has 0 aromatic rings. The van der Waals surface area contributed by atoms with Gasteiger partial charge in [0.25, 0.3) is 0 Å². The first-order valence-electron chi connectivity index (χ1n) is 4.03. The standard InChI is InChI=1S/C8H13NO3/c1-8(2-5-9(10)11)3-6-12-7-4-8/h2,5H,3-4,6-7H2,1H3/b5-2+. The summed E-state index contributed by atoms with van der Waals surface area (Å²) in [7, 11) is 0. The Hall–Kier alpha value is -0.900. The van der Waals surface area contributed by atoms with E-state index in [9.17, 15) is 10.1 Å². The molecular weight excluding hydrogens is 158 g/mol. The average molecular weight is 171 g/mol. The molecule has 0 aromatic carbocycles. The van der Waals surface area contributed by atoms with Crippen LogP contribution in [0.4, 0.5) is 0 Å². The third-order valence-corrected chi connectivity index (χ3v) is 2.23. The quantitative estimate of drug-likeness (QED) is 0.468. The highest BCUT2D eigenvalue weighted by molar-refractivity contribution is 4.94. The Morgan fingerprint density at radius 2 is 2.08 bits per heavy atom. The monoisotopic (exact) mass is 171 g/mol. The molecule has 0 saturated carbocycles. The van der Waals surface area contributed by atoms with Gasteiger partial charge >= 0.3 is 0 Å². The molecule has 1 fully saturated rings. The zero-order chi connectivity index (χ0) is 9.03. The van der Waals surface area contributed by atoms with Gasteiger partial charge in [0.15, 0.2) is 0 Å². The van der Waals surface area contributed by atoms with Crippen LogP contribution in [0.25, 0.3) is 0 Å². The lowest BCUT2D eigenvalue weighted by Crippen LogP contribution is -2.24. The summed E-state index contributed by atoms with van der Waals surface area (Å²) in [6.45, 7) is 3.44. The molecule has 0 amide bonds. The molecule has 0 bridgehead atoms. The largest absolute Gasteiger partial charge is 0.381 e. The van der Waals surface area contributed by atoms with Gasteiger partial charge in [-0.25, -0.2) is 0 Å². The molecule has 4 nitrogen and oxygen atoms in total. The lowest BCUT2D eigenvalue weighted by molar-refractivity contribution is -0.403. The summed E-state index contributed by atoms with van der Waals surface area (Å²) < 4.78 is 5.17. The molecular formula is C8H13NO3. The summed E-state index contributed by atoms with van der Waals surface area (Å²) in [6, 6.07) is 0. The van der Waals surface area contributed by atoms with E-state index in [0.29, 0.717) is 13.2 Å². The van der Waals surface area contributed by atoms with Crippen molar-refractivity contribution < 1.29 is 9.66 Å². The number of hydrogen-bond acceptors (Lipinski definition) is 3. The van der Waals surface area contributed by atoms with E-state index in [1.165, 1.54) is 0 Å². The number of hydrogen-bond donors (Lipinski definition) is 0. The van der Waals surface area contributed by atoms with Crippen molar-refractivity contribution in [2.75, 3.05) is 13.2 Å². The maximum atomic E-state index is 10.1. The Balaban J connectivity index is 2.52. The molecule has 0 aromatic heterocycles. The van der Waals surface area contributed by atoms with Gasteiger partial charge in [-0.3, -0.25) is 10.1 Å². The summed E-state index contributed by atoms with van der Waals surface area (Å²) in [5.41, 5.74) is -0.0364. The van der Waals surface area contributed by atoms with E-state index in [1.807, 2.05) is 6.92 Å². The van der Waals surface area contributed by atoms with Gasteiger partial charge in [-0.1, -0.05) is 6.92 Å². The molecule has 68 valence electrons. The van der Waals surface area contributed by atoms with Crippen LogP contribution in [0.15, 0.2) is 12.3 Å². The Morgan fingerprint density at radius 3 is 2.58 bits per heavy atom. The molecule has 1 heterocycles. The van der Waals surface area contributed by atoms with Crippen LogP contribution in [-0.2, 0) is 4.74 Å². The molecule has 1 rings (SSSR count). The molecule has 1 aliphatic heterocycles. The van der Waals surface area contributed by atoms with Crippen LogP contribution in [0.3, 0.4) is 0 Å². The molecule has 0 atom stereocenters. The molecule has 0 radical (unpaired) electrons. The fourth-order valence-electron chi connectivity index (χ4n) is 1.25. The zero-order valence-electron chi connectivity index (χ0n) is 7.16. The Labute approximate surface area is 71.4 Å². The van der Waals surface area contributed by atoms with Gasteiger partial charge in [0, 0.05) is 13.2 Å². The zero-order valence-corrected chi connectivity index (χ0v) is 7.16. The second-order valence-electron chi connectivity index (χ2n) is 3.37. The molecule has 0 spiro atoms. The SMILES string of the molecule is CC1(/C=C/[N+](=O)[O-])CCOCC1. The van der Waals surface area contributed by atoms with E-state index >= 15 is 0 Å². The Bertz CT molecular complexity index is 194. The van der Waals surface area contributed by atoms with Crippen LogP contribution < -0.4 is 0 Å². The van der Waals surface area contributed by atoms with E-state index in [2.05, 4.69) is 0 Å².